The molecule has 1 amide bonds. The Morgan fingerprint density at radius 1 is 1.04 bits per heavy atom. The Balaban J connectivity index is 1.78. The number of rotatable bonds is 5. The van der Waals surface area contributed by atoms with Gasteiger partial charge >= 0.3 is 0 Å². The number of aromatic nitrogens is 2. The molecule has 8 heteroatoms. The molecule has 142 valence electrons. The minimum absolute atomic E-state index is 0.351. The lowest BCUT2D eigenvalue weighted by molar-refractivity contribution is 0.1000. The van der Waals surface area contributed by atoms with E-state index in [-0.39, 0.29) is 0 Å². The average molecular weight is 379 g/mol. The Labute approximate surface area is 159 Å². The average Bonchev–Trinajstić information content (AvgIpc) is 3.02. The van der Waals surface area contributed by atoms with E-state index in [9.17, 15) is 4.79 Å². The van der Waals surface area contributed by atoms with Gasteiger partial charge in [-0.05, 0) is 25.1 Å². The number of carbonyl (C=O) groups is 1. The van der Waals surface area contributed by atoms with Crippen LogP contribution in [-0.4, -0.2) is 30.1 Å². The van der Waals surface area contributed by atoms with Crippen LogP contribution in [0.15, 0.2) is 41.1 Å². The topological polar surface area (TPSA) is 110 Å². The van der Waals surface area contributed by atoms with Crippen molar-refractivity contribution in [3.05, 3.63) is 48.0 Å². The monoisotopic (exact) mass is 379 g/mol. The molecule has 8 nitrogen and oxygen atoms in total. The van der Waals surface area contributed by atoms with Crippen LogP contribution < -0.4 is 19.9 Å². The lowest BCUT2D eigenvalue weighted by Gasteiger charge is -2.11. The van der Waals surface area contributed by atoms with E-state index in [1.165, 1.54) is 6.33 Å². The number of carbonyl (C=O) groups excluding carboxylic acids is 1. The largest absolute Gasteiger partial charge is 0.493 e. The van der Waals surface area contributed by atoms with Crippen LogP contribution in [0.4, 0.5) is 0 Å². The Morgan fingerprint density at radius 2 is 1.79 bits per heavy atom. The third-order valence-corrected chi connectivity index (χ3v) is 4.40. The molecule has 0 spiro atoms. The highest BCUT2D eigenvalue weighted by atomic mass is 16.5. The fourth-order valence-corrected chi connectivity index (χ4v) is 3.12. The molecule has 0 bridgehead atoms. The van der Waals surface area contributed by atoms with Gasteiger partial charge in [0.2, 0.25) is 5.88 Å². The number of ether oxygens (including phenoxy) is 3. The Kier molecular flexibility index (Phi) is 4.23. The zero-order valence-corrected chi connectivity index (χ0v) is 15.5. The van der Waals surface area contributed by atoms with Crippen LogP contribution in [-0.2, 0) is 0 Å². The maximum atomic E-state index is 11.6. The van der Waals surface area contributed by atoms with Gasteiger partial charge in [-0.15, -0.1) is 0 Å². The van der Waals surface area contributed by atoms with Crippen LogP contribution in [0.1, 0.15) is 16.1 Å². The van der Waals surface area contributed by atoms with Gasteiger partial charge < -0.3 is 24.4 Å². The lowest BCUT2D eigenvalue weighted by Crippen LogP contribution is -2.11. The highest BCUT2D eigenvalue weighted by molar-refractivity contribution is 6.06. The van der Waals surface area contributed by atoms with Crippen molar-refractivity contribution in [2.24, 2.45) is 5.73 Å². The second kappa shape index (κ2) is 6.73. The Bertz CT molecular complexity index is 1220. The Morgan fingerprint density at radius 3 is 2.50 bits per heavy atom. The fraction of sp³-hybridized carbons (Fsp3) is 0.150. The number of nitrogens with zero attached hydrogens (tertiary/aromatic N) is 2. The first-order valence-corrected chi connectivity index (χ1v) is 8.39. The molecule has 0 saturated heterocycles. The number of hydrogen-bond donors (Lipinski definition) is 1. The second-order valence-electron chi connectivity index (χ2n) is 6.06. The first kappa shape index (κ1) is 17.6. The van der Waals surface area contributed by atoms with E-state index in [4.69, 9.17) is 24.4 Å². The molecule has 2 heterocycles. The van der Waals surface area contributed by atoms with Crippen molar-refractivity contribution < 1.29 is 23.4 Å². The van der Waals surface area contributed by atoms with Gasteiger partial charge in [0.05, 0.1) is 30.7 Å². The van der Waals surface area contributed by atoms with Crippen molar-refractivity contribution in [2.45, 2.75) is 6.92 Å². The molecule has 4 rings (SSSR count). The second-order valence-corrected chi connectivity index (χ2v) is 6.06. The van der Waals surface area contributed by atoms with E-state index in [2.05, 4.69) is 9.97 Å². The molecule has 0 unspecified atom stereocenters. The maximum absolute atomic E-state index is 11.6. The maximum Gasteiger partial charge on any atom is 0.252 e. The number of benzene rings is 2. The summed E-state index contributed by atoms with van der Waals surface area (Å²) in [4.78, 5) is 20.1. The van der Waals surface area contributed by atoms with Gasteiger partial charge in [0.25, 0.3) is 5.91 Å². The predicted octanol–water partition coefficient (Wildman–Crippen LogP) is 3.59. The zero-order valence-electron chi connectivity index (χ0n) is 15.5. The first-order chi connectivity index (χ1) is 13.5. The summed E-state index contributed by atoms with van der Waals surface area (Å²) in [5.74, 6) is 1.87. The van der Waals surface area contributed by atoms with Crippen molar-refractivity contribution in [1.82, 2.24) is 9.97 Å². The summed E-state index contributed by atoms with van der Waals surface area (Å²) in [5, 5.41) is 1.30. The predicted molar refractivity (Wildman–Crippen MR) is 102 cm³/mol. The number of aryl methyl sites for hydroxylation is 1. The molecular formula is C20H17N3O5. The standard InChI is InChI=1S/C20H17N3O5/c1-10-18(19(21)24)12-5-4-11(6-15(12)27-10)28-20-13-7-16(25-2)17(26-3)8-14(13)22-9-23-20/h4-9H,1-3H3,(H2,21,24). The number of primary amides is 1. The molecule has 0 aliphatic rings. The van der Waals surface area contributed by atoms with Crippen molar-refractivity contribution in [2.75, 3.05) is 14.2 Å². The molecule has 0 saturated carbocycles. The van der Waals surface area contributed by atoms with Crippen LogP contribution in [0.2, 0.25) is 0 Å². The summed E-state index contributed by atoms with van der Waals surface area (Å²) in [5.41, 5.74) is 6.95. The molecule has 0 aliphatic carbocycles. The fourth-order valence-electron chi connectivity index (χ4n) is 3.12. The SMILES string of the molecule is COc1cc2ncnc(Oc3ccc4c(C(N)=O)c(C)oc4c3)c2cc1OC. The Hall–Kier alpha value is -3.81. The quantitative estimate of drug-likeness (QED) is 0.564. The lowest BCUT2D eigenvalue weighted by atomic mass is 10.1. The summed E-state index contributed by atoms with van der Waals surface area (Å²) in [7, 11) is 3.11. The van der Waals surface area contributed by atoms with E-state index in [1.54, 1.807) is 51.5 Å². The van der Waals surface area contributed by atoms with Crippen LogP contribution in [0.25, 0.3) is 21.9 Å². The minimum Gasteiger partial charge on any atom is -0.493 e. The number of hydrogen-bond acceptors (Lipinski definition) is 7. The molecule has 0 radical (unpaired) electrons. The number of furan rings is 1. The van der Waals surface area contributed by atoms with Gasteiger partial charge in [0, 0.05) is 17.5 Å². The normalized spacial score (nSPS) is 11.0. The van der Waals surface area contributed by atoms with E-state index < -0.39 is 5.91 Å². The smallest absolute Gasteiger partial charge is 0.252 e. The number of amides is 1. The van der Waals surface area contributed by atoms with E-state index in [0.29, 0.717) is 56.3 Å². The minimum atomic E-state index is -0.534. The van der Waals surface area contributed by atoms with Gasteiger partial charge in [-0.1, -0.05) is 0 Å². The molecule has 2 N–H and O–H groups in total. The van der Waals surface area contributed by atoms with Crippen molar-refractivity contribution in [3.8, 4) is 23.1 Å². The van der Waals surface area contributed by atoms with Gasteiger partial charge in [0.1, 0.15) is 23.4 Å². The summed E-state index contributed by atoms with van der Waals surface area (Å²) >= 11 is 0. The van der Waals surface area contributed by atoms with Gasteiger partial charge in [0.15, 0.2) is 11.5 Å². The molecule has 4 aromatic rings. The van der Waals surface area contributed by atoms with E-state index in [1.807, 2.05) is 0 Å². The van der Waals surface area contributed by atoms with Crippen LogP contribution in [0.5, 0.6) is 23.1 Å². The molecule has 0 aliphatic heterocycles. The highest BCUT2D eigenvalue weighted by Gasteiger charge is 2.17. The third-order valence-electron chi connectivity index (χ3n) is 4.40. The van der Waals surface area contributed by atoms with Crippen LogP contribution >= 0.6 is 0 Å². The molecule has 0 fully saturated rings. The molecule has 0 atom stereocenters. The molecule has 28 heavy (non-hydrogen) atoms. The zero-order chi connectivity index (χ0) is 19.8. The van der Waals surface area contributed by atoms with Gasteiger partial charge in [-0.2, -0.15) is 0 Å². The van der Waals surface area contributed by atoms with E-state index in [0.717, 1.165) is 0 Å². The van der Waals surface area contributed by atoms with Crippen LogP contribution in [0.3, 0.4) is 0 Å². The third kappa shape index (κ3) is 2.84. The van der Waals surface area contributed by atoms with E-state index >= 15 is 0 Å². The summed E-state index contributed by atoms with van der Waals surface area (Å²) in [6.45, 7) is 1.69. The van der Waals surface area contributed by atoms with Crippen molar-refractivity contribution >= 4 is 27.8 Å². The summed E-state index contributed by atoms with van der Waals surface area (Å²) in [6.07, 6.45) is 1.41. The molecule has 2 aromatic carbocycles. The summed E-state index contributed by atoms with van der Waals surface area (Å²) < 4.78 is 22.3. The number of fused-ring (bicyclic) bond motifs is 2. The molecule has 2 aromatic heterocycles. The van der Waals surface area contributed by atoms with Gasteiger partial charge in [-0.25, -0.2) is 9.97 Å². The van der Waals surface area contributed by atoms with Gasteiger partial charge in [-0.3, -0.25) is 4.79 Å². The van der Waals surface area contributed by atoms with Crippen LogP contribution in [0, 0.1) is 6.92 Å². The van der Waals surface area contributed by atoms with Crippen molar-refractivity contribution in [3.63, 3.8) is 0 Å². The summed E-state index contributed by atoms with van der Waals surface area (Å²) in [6, 6.07) is 8.64. The number of nitrogens with two attached hydrogens (primary N) is 1. The number of methoxy groups -OCH3 is 2. The highest BCUT2D eigenvalue weighted by Crippen LogP contribution is 2.36. The van der Waals surface area contributed by atoms with Crippen molar-refractivity contribution in [1.29, 1.82) is 0 Å². The first-order valence-electron chi connectivity index (χ1n) is 8.39. The molecular weight excluding hydrogens is 362 g/mol.